The van der Waals surface area contributed by atoms with Crippen LogP contribution in [-0.2, 0) is 17.8 Å². The van der Waals surface area contributed by atoms with Gasteiger partial charge in [-0.2, -0.15) is 0 Å². The van der Waals surface area contributed by atoms with Gasteiger partial charge in [-0.3, -0.25) is 14.5 Å². The van der Waals surface area contributed by atoms with Crippen molar-refractivity contribution in [1.29, 1.82) is 0 Å². The molecule has 1 aromatic carbocycles. The first-order valence-corrected chi connectivity index (χ1v) is 9.16. The van der Waals surface area contributed by atoms with Gasteiger partial charge in [0.1, 0.15) is 17.7 Å². The Labute approximate surface area is 161 Å². The van der Waals surface area contributed by atoms with Crippen molar-refractivity contribution in [2.75, 3.05) is 11.9 Å². The summed E-state index contributed by atoms with van der Waals surface area (Å²) in [5, 5.41) is 10.8. The van der Waals surface area contributed by atoms with Gasteiger partial charge in [0.15, 0.2) is 0 Å². The van der Waals surface area contributed by atoms with E-state index in [1.165, 1.54) is 4.90 Å². The van der Waals surface area contributed by atoms with Crippen LogP contribution >= 0.6 is 0 Å². The van der Waals surface area contributed by atoms with Gasteiger partial charge in [0.25, 0.3) is 5.91 Å². The molecule has 0 aliphatic carbocycles. The minimum Gasteiger partial charge on any atom is -0.337 e. The Bertz CT molecular complexity index is 979. The van der Waals surface area contributed by atoms with Crippen LogP contribution in [0.1, 0.15) is 34.8 Å². The number of carbonyl (C=O) groups excluding carboxylic acids is 2. The lowest BCUT2D eigenvalue weighted by Gasteiger charge is -2.27. The number of rotatable bonds is 4. The lowest BCUT2D eigenvalue weighted by atomic mass is 10.1. The van der Waals surface area contributed by atoms with Crippen molar-refractivity contribution in [3.8, 4) is 0 Å². The van der Waals surface area contributed by atoms with E-state index in [9.17, 15) is 9.59 Å². The highest BCUT2D eigenvalue weighted by molar-refractivity contribution is 6.00. The van der Waals surface area contributed by atoms with E-state index in [1.807, 2.05) is 34.9 Å². The number of H-pyrrole nitrogens is 1. The number of anilines is 1. The van der Waals surface area contributed by atoms with Crippen LogP contribution in [0.5, 0.6) is 0 Å². The summed E-state index contributed by atoms with van der Waals surface area (Å²) in [5.74, 6) is 0.801. The number of aromatic amines is 1. The minimum absolute atomic E-state index is 0.105. The van der Waals surface area contributed by atoms with Crippen LogP contribution in [0, 0.1) is 0 Å². The minimum atomic E-state index is -0.621. The van der Waals surface area contributed by atoms with Crippen molar-refractivity contribution < 1.29 is 9.59 Å². The van der Waals surface area contributed by atoms with Crippen LogP contribution in [-0.4, -0.2) is 49.6 Å². The van der Waals surface area contributed by atoms with Crippen molar-refractivity contribution >= 4 is 17.6 Å². The molecule has 1 aliphatic heterocycles. The number of hydrogen-bond donors (Lipinski definition) is 2. The van der Waals surface area contributed by atoms with E-state index in [4.69, 9.17) is 0 Å². The van der Waals surface area contributed by atoms with Crippen LogP contribution < -0.4 is 10.2 Å². The fourth-order valence-corrected chi connectivity index (χ4v) is 3.33. The number of imidazole rings is 1. The molecular formula is C19H21N7O2. The van der Waals surface area contributed by atoms with Gasteiger partial charge in [-0.1, -0.05) is 30.3 Å². The van der Waals surface area contributed by atoms with E-state index >= 15 is 0 Å². The SMILES string of the molecule is CN1C(=O)C(NC(=O)c2nnc(Cc3ccccc3)[nH]2)CCCn2cncc21. The quantitative estimate of drug-likeness (QED) is 0.707. The third-order valence-corrected chi connectivity index (χ3v) is 4.82. The van der Waals surface area contributed by atoms with Crippen LogP contribution in [0.3, 0.4) is 0 Å². The van der Waals surface area contributed by atoms with Crippen molar-refractivity contribution in [2.45, 2.75) is 31.8 Å². The number of fused-ring (bicyclic) bond motifs is 1. The Hall–Kier alpha value is -3.49. The zero-order chi connectivity index (χ0) is 19.5. The highest BCUT2D eigenvalue weighted by atomic mass is 16.2. The Morgan fingerprint density at radius 3 is 2.93 bits per heavy atom. The maximum Gasteiger partial charge on any atom is 0.289 e. The molecule has 2 aromatic heterocycles. The summed E-state index contributed by atoms with van der Waals surface area (Å²) >= 11 is 0. The topological polar surface area (TPSA) is 109 Å². The number of nitrogens with zero attached hydrogens (tertiary/aromatic N) is 5. The molecule has 0 saturated heterocycles. The van der Waals surface area contributed by atoms with Crippen molar-refractivity contribution in [3.63, 3.8) is 0 Å². The molecule has 0 bridgehead atoms. The number of benzene rings is 1. The fraction of sp³-hybridized carbons (Fsp3) is 0.316. The van der Waals surface area contributed by atoms with Gasteiger partial charge in [-0.15, -0.1) is 10.2 Å². The molecule has 9 heteroatoms. The second kappa shape index (κ2) is 7.63. The standard InChI is InChI=1S/C19H21N7O2/c1-25-16-11-20-12-26(16)9-5-8-14(19(25)28)21-18(27)17-22-15(23-24-17)10-13-6-3-2-4-7-13/h2-4,6-7,11-12,14H,5,8-10H2,1H3,(H,21,27)(H,22,23,24). The first-order chi connectivity index (χ1) is 13.6. The molecule has 4 rings (SSSR count). The lowest BCUT2D eigenvalue weighted by Crippen LogP contribution is -2.49. The summed E-state index contributed by atoms with van der Waals surface area (Å²) in [5.41, 5.74) is 1.07. The largest absolute Gasteiger partial charge is 0.337 e. The van der Waals surface area contributed by atoms with Gasteiger partial charge >= 0.3 is 0 Å². The lowest BCUT2D eigenvalue weighted by molar-refractivity contribution is -0.120. The van der Waals surface area contributed by atoms with Crippen LogP contribution in [0.4, 0.5) is 5.82 Å². The summed E-state index contributed by atoms with van der Waals surface area (Å²) in [6, 6.07) is 9.18. The van der Waals surface area contributed by atoms with Crippen LogP contribution in [0.15, 0.2) is 42.9 Å². The predicted molar refractivity (Wildman–Crippen MR) is 102 cm³/mol. The number of carbonyl (C=O) groups is 2. The van der Waals surface area contributed by atoms with E-state index < -0.39 is 11.9 Å². The molecule has 0 radical (unpaired) electrons. The number of nitrogens with one attached hydrogen (secondary N) is 2. The zero-order valence-electron chi connectivity index (χ0n) is 15.5. The van der Waals surface area contributed by atoms with Gasteiger partial charge < -0.3 is 14.9 Å². The smallest absolute Gasteiger partial charge is 0.289 e. The first-order valence-electron chi connectivity index (χ1n) is 9.16. The average Bonchev–Trinajstić information content (AvgIpc) is 3.35. The number of hydrogen-bond acceptors (Lipinski definition) is 5. The molecule has 1 aliphatic rings. The summed E-state index contributed by atoms with van der Waals surface area (Å²) < 4.78 is 1.93. The Kier molecular flexibility index (Phi) is 4.88. The average molecular weight is 379 g/mol. The molecule has 0 saturated carbocycles. The molecule has 0 spiro atoms. The van der Waals surface area contributed by atoms with Crippen LogP contribution in [0.25, 0.3) is 0 Å². The normalized spacial score (nSPS) is 17.0. The van der Waals surface area contributed by atoms with Gasteiger partial charge in [-0.25, -0.2) is 4.98 Å². The zero-order valence-corrected chi connectivity index (χ0v) is 15.5. The molecule has 3 heterocycles. The summed E-state index contributed by atoms with van der Waals surface area (Å²) in [6.45, 7) is 0.739. The third kappa shape index (κ3) is 3.64. The molecule has 144 valence electrons. The molecule has 9 nitrogen and oxygen atoms in total. The number of aryl methyl sites for hydroxylation is 1. The highest BCUT2D eigenvalue weighted by Crippen LogP contribution is 2.19. The fourth-order valence-electron chi connectivity index (χ4n) is 3.33. The second-order valence-corrected chi connectivity index (χ2v) is 6.79. The predicted octanol–water partition coefficient (Wildman–Crippen LogP) is 1.15. The van der Waals surface area contributed by atoms with E-state index in [0.717, 1.165) is 18.5 Å². The Balaban J connectivity index is 1.44. The van der Waals surface area contributed by atoms with Crippen molar-refractivity contribution in [2.24, 2.45) is 0 Å². The number of likely N-dealkylation sites (N-methyl/N-ethyl adjacent to an activating group) is 1. The highest BCUT2D eigenvalue weighted by Gasteiger charge is 2.29. The molecule has 0 fully saturated rings. The first kappa shape index (κ1) is 17.9. The third-order valence-electron chi connectivity index (χ3n) is 4.82. The number of aromatic nitrogens is 5. The van der Waals surface area contributed by atoms with Gasteiger partial charge in [0.2, 0.25) is 11.7 Å². The summed E-state index contributed by atoms with van der Waals surface area (Å²) in [7, 11) is 1.69. The molecule has 1 unspecified atom stereocenters. The van der Waals surface area contributed by atoms with Gasteiger partial charge in [-0.05, 0) is 18.4 Å². The maximum absolute atomic E-state index is 12.8. The van der Waals surface area contributed by atoms with E-state index in [0.29, 0.717) is 24.5 Å². The molecule has 28 heavy (non-hydrogen) atoms. The Morgan fingerprint density at radius 2 is 2.11 bits per heavy atom. The van der Waals surface area contributed by atoms with Gasteiger partial charge in [0, 0.05) is 20.0 Å². The van der Waals surface area contributed by atoms with Crippen molar-refractivity contribution in [1.82, 2.24) is 30.0 Å². The van der Waals surface area contributed by atoms with E-state index in [1.54, 1.807) is 19.6 Å². The second-order valence-electron chi connectivity index (χ2n) is 6.79. The van der Waals surface area contributed by atoms with Crippen molar-refractivity contribution in [3.05, 3.63) is 60.1 Å². The molecule has 2 N–H and O–H groups in total. The van der Waals surface area contributed by atoms with Crippen LogP contribution in [0.2, 0.25) is 0 Å². The number of amides is 2. The molecule has 2 amide bonds. The van der Waals surface area contributed by atoms with Gasteiger partial charge in [0.05, 0.1) is 12.5 Å². The Morgan fingerprint density at radius 1 is 1.29 bits per heavy atom. The summed E-state index contributed by atoms with van der Waals surface area (Å²) in [4.78, 5) is 34.0. The van der Waals surface area contributed by atoms with E-state index in [2.05, 4.69) is 25.5 Å². The molecule has 1 atom stereocenters. The van der Waals surface area contributed by atoms with E-state index in [-0.39, 0.29) is 11.7 Å². The monoisotopic (exact) mass is 379 g/mol. The summed E-state index contributed by atoms with van der Waals surface area (Å²) in [6.07, 6.45) is 5.20. The molecular weight excluding hydrogens is 358 g/mol. The molecule has 3 aromatic rings. The maximum atomic E-state index is 12.8.